The van der Waals surface area contributed by atoms with Crippen LogP contribution in [0.1, 0.15) is 15.9 Å². The smallest absolute Gasteiger partial charge is 0.387 e. The van der Waals surface area contributed by atoms with Gasteiger partial charge in [-0.2, -0.15) is 8.78 Å². The topological polar surface area (TPSA) is 58.6 Å². The van der Waals surface area contributed by atoms with Crippen LogP contribution in [0.4, 0.5) is 14.5 Å². The Labute approximate surface area is 120 Å². The quantitative estimate of drug-likeness (QED) is 0.906. The van der Waals surface area contributed by atoms with E-state index in [2.05, 4.69) is 10.1 Å². The van der Waals surface area contributed by atoms with E-state index in [4.69, 9.17) is 0 Å². The molecule has 0 fully saturated rings. The minimum atomic E-state index is -2.95. The highest BCUT2D eigenvalue weighted by Gasteiger charge is 2.10. The molecule has 0 bridgehead atoms. The van der Waals surface area contributed by atoms with Crippen LogP contribution in [0, 0.1) is 6.92 Å². The van der Waals surface area contributed by atoms with Crippen LogP contribution >= 0.6 is 0 Å². The van der Waals surface area contributed by atoms with Crippen molar-refractivity contribution in [1.82, 2.24) is 0 Å². The lowest BCUT2D eigenvalue weighted by molar-refractivity contribution is -0.0498. The SMILES string of the molecule is Cc1ccc(NC(=O)c2cccc(OC(F)F)c2)cc1O. The molecule has 0 saturated heterocycles. The lowest BCUT2D eigenvalue weighted by Gasteiger charge is -2.09. The Morgan fingerprint density at radius 1 is 1.24 bits per heavy atom. The predicted octanol–water partition coefficient (Wildman–Crippen LogP) is 3.55. The molecule has 21 heavy (non-hydrogen) atoms. The number of nitrogens with one attached hydrogen (secondary N) is 1. The number of carbonyl (C=O) groups is 1. The molecule has 2 aromatic carbocycles. The van der Waals surface area contributed by atoms with Gasteiger partial charge in [-0.05, 0) is 36.8 Å². The molecule has 0 unspecified atom stereocenters. The van der Waals surface area contributed by atoms with Crippen molar-refractivity contribution in [2.75, 3.05) is 5.32 Å². The van der Waals surface area contributed by atoms with Crippen LogP contribution in [0.25, 0.3) is 0 Å². The maximum Gasteiger partial charge on any atom is 0.387 e. The van der Waals surface area contributed by atoms with E-state index >= 15 is 0 Å². The van der Waals surface area contributed by atoms with Gasteiger partial charge in [0, 0.05) is 17.3 Å². The summed E-state index contributed by atoms with van der Waals surface area (Å²) in [6.45, 7) is -1.22. The van der Waals surface area contributed by atoms with Crippen LogP contribution in [0.3, 0.4) is 0 Å². The van der Waals surface area contributed by atoms with Crippen molar-refractivity contribution in [3.63, 3.8) is 0 Å². The van der Waals surface area contributed by atoms with Crippen molar-refractivity contribution in [1.29, 1.82) is 0 Å². The average molecular weight is 293 g/mol. The fourth-order valence-electron chi connectivity index (χ4n) is 1.70. The minimum absolute atomic E-state index is 0.0579. The molecule has 0 aliphatic carbocycles. The zero-order valence-corrected chi connectivity index (χ0v) is 11.1. The number of phenolic OH excluding ortho intramolecular Hbond substituents is 1. The summed E-state index contributed by atoms with van der Waals surface area (Å²) in [6, 6.07) is 10.2. The molecule has 2 rings (SSSR count). The first kappa shape index (κ1) is 14.8. The normalized spacial score (nSPS) is 10.5. The van der Waals surface area contributed by atoms with E-state index in [0.717, 1.165) is 0 Å². The van der Waals surface area contributed by atoms with E-state index in [0.29, 0.717) is 11.3 Å². The average Bonchev–Trinajstić information content (AvgIpc) is 2.42. The van der Waals surface area contributed by atoms with Crippen LogP contribution in [0.2, 0.25) is 0 Å². The molecule has 0 aliphatic rings. The summed E-state index contributed by atoms with van der Waals surface area (Å²) in [5, 5.41) is 12.1. The Bertz CT molecular complexity index is 659. The molecule has 0 heterocycles. The molecule has 1 amide bonds. The number of alkyl halides is 2. The van der Waals surface area contributed by atoms with Gasteiger partial charge >= 0.3 is 6.61 Å². The number of benzene rings is 2. The third-order valence-electron chi connectivity index (χ3n) is 2.79. The van der Waals surface area contributed by atoms with Crippen molar-refractivity contribution < 1.29 is 23.4 Å². The van der Waals surface area contributed by atoms with Gasteiger partial charge in [0.1, 0.15) is 11.5 Å². The van der Waals surface area contributed by atoms with Crippen LogP contribution in [-0.4, -0.2) is 17.6 Å². The lowest BCUT2D eigenvalue weighted by Crippen LogP contribution is -2.12. The highest BCUT2D eigenvalue weighted by molar-refractivity contribution is 6.04. The second-order valence-electron chi connectivity index (χ2n) is 4.36. The molecule has 6 heteroatoms. The molecule has 110 valence electrons. The monoisotopic (exact) mass is 293 g/mol. The first-order chi connectivity index (χ1) is 9.95. The van der Waals surface area contributed by atoms with Crippen molar-refractivity contribution in [3.05, 3.63) is 53.6 Å². The van der Waals surface area contributed by atoms with E-state index in [9.17, 15) is 18.7 Å². The zero-order valence-electron chi connectivity index (χ0n) is 11.1. The number of ether oxygens (including phenoxy) is 1. The number of hydrogen-bond acceptors (Lipinski definition) is 3. The maximum atomic E-state index is 12.1. The van der Waals surface area contributed by atoms with Crippen LogP contribution in [0.5, 0.6) is 11.5 Å². The Morgan fingerprint density at radius 3 is 2.67 bits per heavy atom. The molecular weight excluding hydrogens is 280 g/mol. The molecule has 4 nitrogen and oxygen atoms in total. The van der Waals surface area contributed by atoms with Crippen molar-refractivity contribution in [2.45, 2.75) is 13.5 Å². The maximum absolute atomic E-state index is 12.1. The number of rotatable bonds is 4. The fraction of sp³-hybridized carbons (Fsp3) is 0.133. The number of aryl methyl sites for hydroxylation is 1. The van der Waals surface area contributed by atoms with Crippen LogP contribution < -0.4 is 10.1 Å². The summed E-state index contributed by atoms with van der Waals surface area (Å²) in [4.78, 5) is 12.0. The summed E-state index contributed by atoms with van der Waals surface area (Å²) < 4.78 is 28.5. The number of carbonyl (C=O) groups excluding carboxylic acids is 1. The summed E-state index contributed by atoms with van der Waals surface area (Å²) in [6.07, 6.45) is 0. The van der Waals surface area contributed by atoms with Gasteiger partial charge in [-0.25, -0.2) is 0 Å². The van der Waals surface area contributed by atoms with Gasteiger partial charge in [-0.1, -0.05) is 12.1 Å². The summed E-state index contributed by atoms with van der Waals surface area (Å²) in [7, 11) is 0. The number of hydrogen-bond donors (Lipinski definition) is 2. The first-order valence-electron chi connectivity index (χ1n) is 6.11. The molecule has 2 aromatic rings. The highest BCUT2D eigenvalue weighted by Crippen LogP contribution is 2.22. The molecular formula is C15H13F2NO3. The Kier molecular flexibility index (Phi) is 4.37. The molecule has 0 aromatic heterocycles. The van der Waals surface area contributed by atoms with Gasteiger partial charge in [0.05, 0.1) is 0 Å². The van der Waals surface area contributed by atoms with E-state index in [1.807, 2.05) is 0 Å². The molecule has 0 radical (unpaired) electrons. The summed E-state index contributed by atoms with van der Waals surface area (Å²) in [5.74, 6) is -0.523. The highest BCUT2D eigenvalue weighted by atomic mass is 19.3. The van der Waals surface area contributed by atoms with Crippen LogP contribution in [-0.2, 0) is 0 Å². The van der Waals surface area contributed by atoms with E-state index in [1.54, 1.807) is 19.1 Å². The van der Waals surface area contributed by atoms with Gasteiger partial charge in [0.15, 0.2) is 0 Å². The third kappa shape index (κ3) is 3.92. The number of amides is 1. The van der Waals surface area contributed by atoms with E-state index in [1.165, 1.54) is 30.3 Å². The third-order valence-corrected chi connectivity index (χ3v) is 2.79. The number of halogens is 2. The first-order valence-corrected chi connectivity index (χ1v) is 6.11. The fourth-order valence-corrected chi connectivity index (χ4v) is 1.70. The Balaban J connectivity index is 2.14. The van der Waals surface area contributed by atoms with Gasteiger partial charge < -0.3 is 15.2 Å². The molecule has 2 N–H and O–H groups in total. The number of anilines is 1. The number of phenols is 1. The predicted molar refractivity (Wildman–Crippen MR) is 73.9 cm³/mol. The Morgan fingerprint density at radius 2 is 2.00 bits per heavy atom. The second-order valence-corrected chi connectivity index (χ2v) is 4.36. The van der Waals surface area contributed by atoms with Gasteiger partial charge in [-0.15, -0.1) is 0 Å². The van der Waals surface area contributed by atoms with Crippen LogP contribution in [0.15, 0.2) is 42.5 Å². The van der Waals surface area contributed by atoms with Crippen molar-refractivity contribution in [2.24, 2.45) is 0 Å². The lowest BCUT2D eigenvalue weighted by atomic mass is 10.1. The largest absolute Gasteiger partial charge is 0.508 e. The number of aromatic hydroxyl groups is 1. The summed E-state index contributed by atoms with van der Waals surface area (Å²) in [5.41, 5.74) is 1.26. The van der Waals surface area contributed by atoms with Crippen molar-refractivity contribution >= 4 is 11.6 Å². The molecule has 0 spiro atoms. The second kappa shape index (κ2) is 6.21. The summed E-state index contributed by atoms with van der Waals surface area (Å²) >= 11 is 0. The zero-order chi connectivity index (χ0) is 15.4. The van der Waals surface area contributed by atoms with E-state index in [-0.39, 0.29) is 17.1 Å². The van der Waals surface area contributed by atoms with E-state index < -0.39 is 12.5 Å². The standard InChI is InChI=1S/C15H13F2NO3/c1-9-5-6-11(8-13(9)19)18-14(20)10-3-2-4-12(7-10)21-15(16)17/h2-8,15,19H,1H3,(H,18,20). The molecule has 0 aliphatic heterocycles. The minimum Gasteiger partial charge on any atom is -0.508 e. The van der Waals surface area contributed by atoms with Gasteiger partial charge in [0.2, 0.25) is 0 Å². The van der Waals surface area contributed by atoms with Crippen molar-refractivity contribution in [3.8, 4) is 11.5 Å². The van der Waals surface area contributed by atoms with Gasteiger partial charge in [0.25, 0.3) is 5.91 Å². The van der Waals surface area contributed by atoms with Gasteiger partial charge in [-0.3, -0.25) is 4.79 Å². The Hall–Kier alpha value is -2.63. The molecule has 0 atom stereocenters. The molecule has 0 saturated carbocycles.